The number of anilines is 1. The van der Waals surface area contributed by atoms with Crippen LogP contribution in [0.5, 0.6) is 0 Å². The Morgan fingerprint density at radius 1 is 1.09 bits per heavy atom. The Labute approximate surface area is 188 Å². The van der Waals surface area contributed by atoms with Crippen molar-refractivity contribution in [1.29, 1.82) is 0 Å². The minimum atomic E-state index is -3.70. The van der Waals surface area contributed by atoms with Crippen molar-refractivity contribution in [2.75, 3.05) is 31.5 Å². The van der Waals surface area contributed by atoms with Gasteiger partial charge in [-0.1, -0.05) is 18.2 Å². The number of para-hydroxylation sites is 1. The first-order chi connectivity index (χ1) is 15.4. The van der Waals surface area contributed by atoms with E-state index in [9.17, 15) is 13.2 Å². The second-order valence-electron chi connectivity index (χ2n) is 8.19. The molecule has 2 heterocycles. The van der Waals surface area contributed by atoms with E-state index in [1.165, 1.54) is 16.4 Å². The highest BCUT2D eigenvalue weighted by molar-refractivity contribution is 7.92. The minimum absolute atomic E-state index is 0.0206. The van der Waals surface area contributed by atoms with Gasteiger partial charge < -0.3 is 14.6 Å². The molecule has 8 heteroatoms. The predicted molar refractivity (Wildman–Crippen MR) is 122 cm³/mol. The summed E-state index contributed by atoms with van der Waals surface area (Å²) in [5, 5.41) is 2.92. The molecule has 32 heavy (non-hydrogen) atoms. The lowest BCUT2D eigenvalue weighted by Gasteiger charge is -2.30. The summed E-state index contributed by atoms with van der Waals surface area (Å²) in [5.41, 5.74) is 2.18. The van der Waals surface area contributed by atoms with Crippen LogP contribution in [-0.2, 0) is 16.4 Å². The van der Waals surface area contributed by atoms with E-state index in [0.29, 0.717) is 18.7 Å². The summed E-state index contributed by atoms with van der Waals surface area (Å²) in [6.45, 7) is 0.849. The summed E-state index contributed by atoms with van der Waals surface area (Å²) in [6, 6.07) is 17.4. The first kappa shape index (κ1) is 22.1. The van der Waals surface area contributed by atoms with Gasteiger partial charge in [0.25, 0.3) is 15.9 Å². The number of sulfonamides is 1. The second-order valence-corrected chi connectivity index (χ2v) is 10.1. The fourth-order valence-electron chi connectivity index (χ4n) is 4.03. The standard InChI is InChI=1S/C24H27N3O4S/c1-26(2)22(23-10-6-16-31-23)17-25-24(28)19-11-13-20(14-12-19)32(29,30)27-15-5-8-18-7-3-4-9-21(18)27/h3-4,6-7,9-14,16,22H,5,8,15,17H2,1-2H3,(H,25,28)/p+1/t22-/m0/s1. The third-order valence-electron chi connectivity index (χ3n) is 5.82. The number of quaternary nitrogens is 1. The Bertz CT molecular complexity index is 1170. The van der Waals surface area contributed by atoms with Gasteiger partial charge in [0.15, 0.2) is 11.8 Å². The smallest absolute Gasteiger partial charge is 0.264 e. The fraction of sp³-hybridized carbons (Fsp3) is 0.292. The number of benzene rings is 2. The molecule has 1 aliphatic rings. The van der Waals surface area contributed by atoms with Gasteiger partial charge in [0.05, 0.1) is 37.5 Å². The molecule has 0 saturated carbocycles. The molecule has 0 saturated heterocycles. The number of likely N-dealkylation sites (N-methyl/N-ethyl adjacent to an activating group) is 1. The Balaban J connectivity index is 1.48. The topological polar surface area (TPSA) is 84.1 Å². The number of amides is 1. The minimum Gasteiger partial charge on any atom is -0.463 e. The maximum Gasteiger partial charge on any atom is 0.264 e. The van der Waals surface area contributed by atoms with Gasteiger partial charge in [-0.15, -0.1) is 0 Å². The van der Waals surface area contributed by atoms with Crippen molar-refractivity contribution < 1.29 is 22.5 Å². The van der Waals surface area contributed by atoms with E-state index < -0.39 is 10.0 Å². The lowest BCUT2D eigenvalue weighted by molar-refractivity contribution is -0.891. The molecule has 0 aliphatic carbocycles. The molecule has 3 aromatic rings. The molecule has 0 spiro atoms. The quantitative estimate of drug-likeness (QED) is 0.572. The van der Waals surface area contributed by atoms with Crippen LogP contribution in [0.3, 0.4) is 0 Å². The molecular formula is C24H28N3O4S+. The molecule has 0 unspecified atom stereocenters. The predicted octanol–water partition coefficient (Wildman–Crippen LogP) is 2.04. The lowest BCUT2D eigenvalue weighted by atomic mass is 10.0. The van der Waals surface area contributed by atoms with Gasteiger partial charge in [0.2, 0.25) is 0 Å². The van der Waals surface area contributed by atoms with Crippen molar-refractivity contribution in [2.45, 2.75) is 23.8 Å². The van der Waals surface area contributed by atoms with Crippen molar-refractivity contribution in [2.24, 2.45) is 0 Å². The number of fused-ring (bicyclic) bond motifs is 1. The molecule has 1 aliphatic heterocycles. The van der Waals surface area contributed by atoms with Gasteiger partial charge in [0, 0.05) is 12.1 Å². The molecule has 0 radical (unpaired) electrons. The van der Waals surface area contributed by atoms with Gasteiger partial charge in [0.1, 0.15) is 0 Å². The summed E-state index contributed by atoms with van der Waals surface area (Å²) in [6.07, 6.45) is 3.27. The lowest BCUT2D eigenvalue weighted by Crippen LogP contribution is -3.07. The zero-order chi connectivity index (χ0) is 22.7. The van der Waals surface area contributed by atoms with Crippen LogP contribution in [-0.4, -0.2) is 41.5 Å². The zero-order valence-corrected chi connectivity index (χ0v) is 19.1. The molecule has 1 aromatic heterocycles. The molecule has 4 rings (SSSR count). The Morgan fingerprint density at radius 3 is 2.53 bits per heavy atom. The highest BCUT2D eigenvalue weighted by Crippen LogP contribution is 2.31. The van der Waals surface area contributed by atoms with Crippen LogP contribution in [0.4, 0.5) is 5.69 Å². The van der Waals surface area contributed by atoms with E-state index in [1.807, 2.05) is 50.5 Å². The number of hydrogen-bond donors (Lipinski definition) is 2. The molecule has 0 fully saturated rings. The summed E-state index contributed by atoms with van der Waals surface area (Å²) >= 11 is 0. The normalized spacial score (nSPS) is 14.8. The Hall–Kier alpha value is -3.10. The van der Waals surface area contributed by atoms with Crippen molar-refractivity contribution in [3.05, 3.63) is 83.8 Å². The molecule has 1 atom stereocenters. The summed E-state index contributed by atoms with van der Waals surface area (Å²) in [4.78, 5) is 14.0. The second kappa shape index (κ2) is 9.18. The van der Waals surface area contributed by atoms with E-state index >= 15 is 0 Å². The van der Waals surface area contributed by atoms with Crippen LogP contribution in [0.15, 0.2) is 76.2 Å². The largest absolute Gasteiger partial charge is 0.463 e. The average Bonchev–Trinajstić information content (AvgIpc) is 3.33. The van der Waals surface area contributed by atoms with Gasteiger partial charge >= 0.3 is 0 Å². The number of hydrogen-bond acceptors (Lipinski definition) is 4. The number of rotatable bonds is 7. The van der Waals surface area contributed by atoms with E-state index in [-0.39, 0.29) is 16.8 Å². The molecule has 168 valence electrons. The monoisotopic (exact) mass is 454 g/mol. The van der Waals surface area contributed by atoms with Crippen LogP contribution < -0.4 is 14.5 Å². The molecule has 7 nitrogen and oxygen atoms in total. The maximum atomic E-state index is 13.3. The Kier molecular flexibility index (Phi) is 6.34. The van der Waals surface area contributed by atoms with E-state index in [1.54, 1.807) is 18.4 Å². The van der Waals surface area contributed by atoms with Crippen LogP contribution in [0.1, 0.15) is 34.1 Å². The molecule has 1 amide bonds. The van der Waals surface area contributed by atoms with E-state index in [0.717, 1.165) is 34.8 Å². The van der Waals surface area contributed by atoms with E-state index in [2.05, 4.69) is 5.32 Å². The third-order valence-corrected chi connectivity index (χ3v) is 7.65. The number of nitrogens with one attached hydrogen (secondary N) is 2. The molecule has 2 aromatic carbocycles. The highest BCUT2D eigenvalue weighted by atomic mass is 32.2. The van der Waals surface area contributed by atoms with Crippen molar-refractivity contribution >= 4 is 21.6 Å². The highest BCUT2D eigenvalue weighted by Gasteiger charge is 2.29. The van der Waals surface area contributed by atoms with E-state index in [4.69, 9.17) is 4.42 Å². The van der Waals surface area contributed by atoms with Crippen LogP contribution >= 0.6 is 0 Å². The first-order valence-electron chi connectivity index (χ1n) is 10.7. The summed E-state index contributed by atoms with van der Waals surface area (Å²) < 4.78 is 33.5. The average molecular weight is 455 g/mol. The van der Waals surface area contributed by atoms with Crippen LogP contribution in [0.25, 0.3) is 0 Å². The zero-order valence-electron chi connectivity index (χ0n) is 18.2. The van der Waals surface area contributed by atoms with Gasteiger partial charge in [-0.2, -0.15) is 0 Å². The first-order valence-corrected chi connectivity index (χ1v) is 12.1. The summed E-state index contributed by atoms with van der Waals surface area (Å²) in [7, 11) is 0.297. The number of carbonyl (C=O) groups excluding carboxylic acids is 1. The molecule has 0 bridgehead atoms. The maximum absolute atomic E-state index is 13.3. The number of carbonyl (C=O) groups is 1. The SMILES string of the molecule is C[NH+](C)[C@@H](CNC(=O)c1ccc(S(=O)(=O)N2CCCc3ccccc32)cc1)c1ccco1. The van der Waals surface area contributed by atoms with Gasteiger partial charge in [-0.3, -0.25) is 9.10 Å². The number of nitrogens with zero attached hydrogens (tertiary/aromatic N) is 1. The van der Waals surface area contributed by atoms with Crippen LogP contribution in [0, 0.1) is 0 Å². The number of furan rings is 1. The van der Waals surface area contributed by atoms with Crippen molar-refractivity contribution in [3.63, 3.8) is 0 Å². The van der Waals surface area contributed by atoms with Crippen molar-refractivity contribution in [1.82, 2.24) is 5.32 Å². The van der Waals surface area contributed by atoms with Crippen molar-refractivity contribution in [3.8, 4) is 0 Å². The Morgan fingerprint density at radius 2 is 1.84 bits per heavy atom. The summed E-state index contributed by atoms with van der Waals surface area (Å²) in [5.74, 6) is 0.545. The number of aryl methyl sites for hydroxylation is 1. The van der Waals surface area contributed by atoms with Gasteiger partial charge in [-0.25, -0.2) is 8.42 Å². The fourth-order valence-corrected chi connectivity index (χ4v) is 5.57. The van der Waals surface area contributed by atoms with Crippen LogP contribution in [0.2, 0.25) is 0 Å². The molecule has 2 N–H and O–H groups in total. The molecular weight excluding hydrogens is 426 g/mol. The third kappa shape index (κ3) is 4.42. The van der Waals surface area contributed by atoms with Gasteiger partial charge in [-0.05, 0) is 60.9 Å².